The SMILES string of the molecule is O=C(N[C@@H]1CCS(=O)(=O)C1)[C@H]1C[C@H]1c1cccc2ccccc12. The van der Waals surface area contributed by atoms with Crippen molar-refractivity contribution in [2.24, 2.45) is 5.92 Å². The molecule has 0 aromatic heterocycles. The van der Waals surface area contributed by atoms with Gasteiger partial charge in [0.05, 0.1) is 11.5 Å². The molecule has 4 rings (SSSR count). The monoisotopic (exact) mass is 329 g/mol. The Labute approximate surface area is 135 Å². The van der Waals surface area contributed by atoms with E-state index in [1.807, 2.05) is 18.2 Å². The number of rotatable bonds is 3. The first kappa shape index (κ1) is 14.7. The molecule has 3 atom stereocenters. The number of nitrogens with one attached hydrogen (secondary N) is 1. The molecule has 2 aliphatic rings. The highest BCUT2D eigenvalue weighted by Gasteiger charge is 2.45. The zero-order valence-corrected chi connectivity index (χ0v) is 13.6. The van der Waals surface area contributed by atoms with E-state index >= 15 is 0 Å². The van der Waals surface area contributed by atoms with Crippen molar-refractivity contribution >= 4 is 26.5 Å². The van der Waals surface area contributed by atoms with Crippen LogP contribution in [0.25, 0.3) is 10.8 Å². The Morgan fingerprint density at radius 2 is 1.87 bits per heavy atom. The van der Waals surface area contributed by atoms with Gasteiger partial charge < -0.3 is 5.32 Å². The number of carbonyl (C=O) groups is 1. The van der Waals surface area contributed by atoms with Crippen LogP contribution in [0.2, 0.25) is 0 Å². The lowest BCUT2D eigenvalue weighted by molar-refractivity contribution is -0.122. The zero-order valence-electron chi connectivity index (χ0n) is 12.7. The minimum absolute atomic E-state index is 0.00466. The number of benzene rings is 2. The van der Waals surface area contributed by atoms with Gasteiger partial charge in [-0.1, -0.05) is 42.5 Å². The average molecular weight is 329 g/mol. The van der Waals surface area contributed by atoms with Crippen molar-refractivity contribution in [1.82, 2.24) is 5.32 Å². The molecule has 2 fully saturated rings. The predicted octanol–water partition coefficient (Wildman–Crippen LogP) is 2.25. The maximum atomic E-state index is 12.4. The minimum atomic E-state index is -2.96. The van der Waals surface area contributed by atoms with Crippen molar-refractivity contribution in [3.05, 3.63) is 48.0 Å². The van der Waals surface area contributed by atoms with Crippen molar-refractivity contribution in [2.75, 3.05) is 11.5 Å². The summed E-state index contributed by atoms with van der Waals surface area (Å²) in [5.41, 5.74) is 1.22. The van der Waals surface area contributed by atoms with Gasteiger partial charge in [0.1, 0.15) is 0 Å². The Kier molecular flexibility index (Phi) is 3.41. The lowest BCUT2D eigenvalue weighted by Gasteiger charge is -2.11. The van der Waals surface area contributed by atoms with Gasteiger partial charge in [0.15, 0.2) is 9.84 Å². The summed E-state index contributed by atoms with van der Waals surface area (Å²) in [6, 6.07) is 14.2. The third-order valence-electron chi connectivity index (χ3n) is 4.93. The van der Waals surface area contributed by atoms with E-state index in [9.17, 15) is 13.2 Å². The summed E-state index contributed by atoms with van der Waals surface area (Å²) in [6.45, 7) is 0. The first-order valence-electron chi connectivity index (χ1n) is 8.02. The molecule has 1 aliphatic carbocycles. The number of fused-ring (bicyclic) bond motifs is 1. The highest BCUT2D eigenvalue weighted by molar-refractivity contribution is 7.91. The molecule has 2 aromatic carbocycles. The molecule has 1 heterocycles. The smallest absolute Gasteiger partial charge is 0.223 e. The van der Waals surface area contributed by atoms with E-state index in [1.54, 1.807) is 0 Å². The van der Waals surface area contributed by atoms with Crippen molar-refractivity contribution in [3.63, 3.8) is 0 Å². The average Bonchev–Trinajstić information content (AvgIpc) is 3.26. The lowest BCUT2D eigenvalue weighted by atomic mass is 10.00. The van der Waals surface area contributed by atoms with Crippen molar-refractivity contribution in [2.45, 2.75) is 24.8 Å². The van der Waals surface area contributed by atoms with Crippen LogP contribution in [-0.2, 0) is 14.6 Å². The summed E-state index contributed by atoms with van der Waals surface area (Å²) in [4.78, 5) is 12.4. The van der Waals surface area contributed by atoms with Crippen LogP contribution in [0.15, 0.2) is 42.5 Å². The topological polar surface area (TPSA) is 63.2 Å². The van der Waals surface area contributed by atoms with Gasteiger partial charge in [-0.3, -0.25) is 4.79 Å². The van der Waals surface area contributed by atoms with Crippen LogP contribution in [0.1, 0.15) is 24.3 Å². The Hall–Kier alpha value is -1.88. The summed E-state index contributed by atoms with van der Waals surface area (Å²) in [7, 11) is -2.96. The molecule has 1 saturated heterocycles. The number of sulfone groups is 1. The van der Waals surface area contributed by atoms with Gasteiger partial charge in [-0.25, -0.2) is 8.42 Å². The summed E-state index contributed by atoms with van der Waals surface area (Å²) in [5, 5.41) is 5.33. The van der Waals surface area contributed by atoms with E-state index in [0.29, 0.717) is 6.42 Å². The molecule has 5 heteroatoms. The van der Waals surface area contributed by atoms with Crippen LogP contribution >= 0.6 is 0 Å². The molecule has 120 valence electrons. The van der Waals surface area contributed by atoms with Crippen LogP contribution in [0.5, 0.6) is 0 Å². The van der Waals surface area contributed by atoms with E-state index < -0.39 is 9.84 Å². The third kappa shape index (κ3) is 2.85. The molecule has 0 unspecified atom stereocenters. The van der Waals surface area contributed by atoms with Crippen LogP contribution in [0, 0.1) is 5.92 Å². The molecular formula is C18H19NO3S. The highest BCUT2D eigenvalue weighted by Crippen LogP contribution is 2.49. The Morgan fingerprint density at radius 1 is 1.09 bits per heavy atom. The highest BCUT2D eigenvalue weighted by atomic mass is 32.2. The molecule has 0 radical (unpaired) electrons. The second kappa shape index (κ2) is 5.34. The fraction of sp³-hybridized carbons (Fsp3) is 0.389. The van der Waals surface area contributed by atoms with Gasteiger partial charge in [-0.2, -0.15) is 0 Å². The van der Waals surface area contributed by atoms with Gasteiger partial charge in [0, 0.05) is 12.0 Å². The van der Waals surface area contributed by atoms with E-state index in [0.717, 1.165) is 6.42 Å². The zero-order chi connectivity index (χ0) is 16.0. The molecule has 0 bridgehead atoms. The fourth-order valence-corrected chi connectivity index (χ4v) is 5.29. The number of amides is 1. The molecule has 0 spiro atoms. The molecule has 1 N–H and O–H groups in total. The normalized spacial score (nSPS) is 28.6. The van der Waals surface area contributed by atoms with Crippen LogP contribution < -0.4 is 5.32 Å². The van der Waals surface area contributed by atoms with E-state index in [1.165, 1.54) is 16.3 Å². The third-order valence-corrected chi connectivity index (χ3v) is 6.70. The Morgan fingerprint density at radius 3 is 2.65 bits per heavy atom. The number of carbonyl (C=O) groups excluding carboxylic acids is 1. The predicted molar refractivity (Wildman–Crippen MR) is 90.0 cm³/mol. The Balaban J connectivity index is 1.48. The fourth-order valence-electron chi connectivity index (χ4n) is 3.62. The molecule has 2 aromatic rings. The van der Waals surface area contributed by atoms with E-state index in [4.69, 9.17) is 0 Å². The number of hydrogen-bond acceptors (Lipinski definition) is 3. The minimum Gasteiger partial charge on any atom is -0.352 e. The lowest BCUT2D eigenvalue weighted by Crippen LogP contribution is -2.36. The molecular weight excluding hydrogens is 310 g/mol. The molecule has 4 nitrogen and oxygen atoms in total. The summed E-state index contributed by atoms with van der Waals surface area (Å²) < 4.78 is 23.0. The van der Waals surface area contributed by atoms with Crippen LogP contribution in [-0.4, -0.2) is 31.9 Å². The first-order chi connectivity index (χ1) is 11.0. The maximum absolute atomic E-state index is 12.4. The summed E-state index contributed by atoms with van der Waals surface area (Å²) in [5.74, 6) is 0.507. The first-order valence-corrected chi connectivity index (χ1v) is 9.84. The van der Waals surface area contributed by atoms with Gasteiger partial charge >= 0.3 is 0 Å². The van der Waals surface area contributed by atoms with Crippen LogP contribution in [0.3, 0.4) is 0 Å². The quantitative estimate of drug-likeness (QED) is 0.939. The van der Waals surface area contributed by atoms with Gasteiger partial charge in [0.2, 0.25) is 5.91 Å². The second-order valence-corrected chi connectivity index (χ2v) is 8.85. The second-order valence-electron chi connectivity index (χ2n) is 6.63. The molecule has 1 amide bonds. The standard InChI is InChI=1S/C18H19NO3S/c20-18(19-13-8-9-23(21,22)11-13)17-10-16(17)15-7-3-5-12-4-1-2-6-14(12)15/h1-7,13,16-17H,8-11H2,(H,19,20)/t13-,16+,17+/m1/s1. The van der Waals surface area contributed by atoms with E-state index in [-0.39, 0.29) is 35.3 Å². The van der Waals surface area contributed by atoms with Gasteiger partial charge in [0.25, 0.3) is 0 Å². The van der Waals surface area contributed by atoms with Crippen molar-refractivity contribution < 1.29 is 13.2 Å². The summed E-state index contributed by atoms with van der Waals surface area (Å²) in [6.07, 6.45) is 1.39. The molecule has 1 aliphatic heterocycles. The van der Waals surface area contributed by atoms with E-state index in [2.05, 4.69) is 29.6 Å². The number of hydrogen-bond donors (Lipinski definition) is 1. The maximum Gasteiger partial charge on any atom is 0.223 e. The Bertz CT molecular complexity index is 869. The van der Waals surface area contributed by atoms with Gasteiger partial charge in [-0.05, 0) is 35.1 Å². The van der Waals surface area contributed by atoms with Crippen molar-refractivity contribution in [1.29, 1.82) is 0 Å². The van der Waals surface area contributed by atoms with Crippen molar-refractivity contribution in [3.8, 4) is 0 Å². The largest absolute Gasteiger partial charge is 0.352 e. The van der Waals surface area contributed by atoms with Gasteiger partial charge in [-0.15, -0.1) is 0 Å². The summed E-state index contributed by atoms with van der Waals surface area (Å²) >= 11 is 0. The molecule has 23 heavy (non-hydrogen) atoms. The van der Waals surface area contributed by atoms with Crippen LogP contribution in [0.4, 0.5) is 0 Å². The molecule has 1 saturated carbocycles.